The summed E-state index contributed by atoms with van der Waals surface area (Å²) in [5.74, 6) is 0.383. The summed E-state index contributed by atoms with van der Waals surface area (Å²) in [6.45, 7) is 0. The largest absolute Gasteiger partial charge is 0.493 e. The number of amides is 1. The number of anilines is 2. The number of alkyl halides is 3. The average Bonchev–Trinajstić information content (AvgIpc) is 3.19. The second-order valence-corrected chi connectivity index (χ2v) is 7.82. The van der Waals surface area contributed by atoms with Crippen LogP contribution in [-0.2, 0) is 17.4 Å². The third kappa shape index (κ3) is 6.59. The fraction of sp³-hybridized carbons (Fsp3) is 0.190. The van der Waals surface area contributed by atoms with Crippen LogP contribution in [0.2, 0.25) is 5.02 Å². The second-order valence-electron chi connectivity index (χ2n) is 6.56. The van der Waals surface area contributed by atoms with E-state index in [0.29, 0.717) is 32.9 Å². The van der Waals surface area contributed by atoms with Gasteiger partial charge in [-0.1, -0.05) is 17.7 Å². The van der Waals surface area contributed by atoms with Gasteiger partial charge in [-0.15, -0.1) is 11.3 Å². The number of rotatable bonds is 8. The lowest BCUT2D eigenvalue weighted by Gasteiger charge is -2.09. The summed E-state index contributed by atoms with van der Waals surface area (Å²) in [7, 11) is 2.94. The molecular weight excluding hydrogens is 481 g/mol. The normalized spacial score (nSPS) is 11.5. The molecule has 2 N–H and O–H groups in total. The number of carbonyl (C=O) groups is 1. The van der Waals surface area contributed by atoms with E-state index in [9.17, 15) is 18.0 Å². The van der Waals surface area contributed by atoms with E-state index in [1.54, 1.807) is 17.5 Å². The van der Waals surface area contributed by atoms with Gasteiger partial charge in [0, 0.05) is 11.1 Å². The molecule has 0 aliphatic carbocycles. The van der Waals surface area contributed by atoms with E-state index in [0.717, 1.165) is 12.1 Å². The van der Waals surface area contributed by atoms with Crippen molar-refractivity contribution in [2.24, 2.45) is 5.10 Å². The minimum atomic E-state index is -4.44. The maximum Gasteiger partial charge on any atom is 0.416 e. The zero-order valence-electron chi connectivity index (χ0n) is 17.4. The zero-order chi connectivity index (χ0) is 24.0. The summed E-state index contributed by atoms with van der Waals surface area (Å²) in [5.41, 5.74) is 2.88. The molecule has 3 rings (SSSR count). The van der Waals surface area contributed by atoms with Crippen molar-refractivity contribution >= 4 is 45.9 Å². The molecular formula is C21H18ClF3N4O3S. The number of aromatic nitrogens is 1. The van der Waals surface area contributed by atoms with Gasteiger partial charge in [0.15, 0.2) is 16.6 Å². The minimum Gasteiger partial charge on any atom is -0.493 e. The number of benzene rings is 2. The molecule has 1 aromatic heterocycles. The highest BCUT2D eigenvalue weighted by Crippen LogP contribution is 2.35. The van der Waals surface area contributed by atoms with Crippen LogP contribution in [0.3, 0.4) is 0 Å². The monoisotopic (exact) mass is 498 g/mol. The van der Waals surface area contributed by atoms with E-state index >= 15 is 0 Å². The predicted octanol–water partition coefficient (Wildman–Crippen LogP) is 5.27. The van der Waals surface area contributed by atoms with Gasteiger partial charge in [-0.05, 0) is 35.9 Å². The lowest BCUT2D eigenvalue weighted by molar-refractivity contribution is -0.137. The maximum absolute atomic E-state index is 12.8. The van der Waals surface area contributed by atoms with Crippen LogP contribution in [0.5, 0.6) is 11.5 Å². The lowest BCUT2D eigenvalue weighted by Crippen LogP contribution is -2.19. The maximum atomic E-state index is 12.8. The van der Waals surface area contributed by atoms with Gasteiger partial charge in [-0.3, -0.25) is 4.79 Å². The fourth-order valence-corrected chi connectivity index (χ4v) is 3.76. The van der Waals surface area contributed by atoms with Gasteiger partial charge in [-0.2, -0.15) is 18.3 Å². The van der Waals surface area contributed by atoms with Crippen LogP contribution in [0.25, 0.3) is 0 Å². The molecule has 174 valence electrons. The number of methoxy groups -OCH3 is 2. The lowest BCUT2D eigenvalue weighted by atomic mass is 10.2. The van der Waals surface area contributed by atoms with Gasteiger partial charge in [-0.25, -0.2) is 10.4 Å². The quantitative estimate of drug-likeness (QED) is 0.326. The summed E-state index contributed by atoms with van der Waals surface area (Å²) < 4.78 is 48.9. The smallest absolute Gasteiger partial charge is 0.416 e. The molecule has 0 aliphatic rings. The Morgan fingerprint density at radius 2 is 2.03 bits per heavy atom. The van der Waals surface area contributed by atoms with Crippen LogP contribution in [0.4, 0.5) is 24.0 Å². The van der Waals surface area contributed by atoms with E-state index in [1.807, 2.05) is 0 Å². The zero-order valence-corrected chi connectivity index (χ0v) is 18.9. The molecule has 0 fully saturated rings. The number of hydrazone groups is 1. The first-order valence-electron chi connectivity index (χ1n) is 9.31. The van der Waals surface area contributed by atoms with Crippen LogP contribution in [0.15, 0.2) is 46.9 Å². The van der Waals surface area contributed by atoms with Crippen molar-refractivity contribution in [3.8, 4) is 11.5 Å². The fourth-order valence-electron chi connectivity index (χ4n) is 2.74. The van der Waals surface area contributed by atoms with Crippen LogP contribution in [-0.4, -0.2) is 31.3 Å². The van der Waals surface area contributed by atoms with Crippen LogP contribution in [0.1, 0.15) is 16.8 Å². The van der Waals surface area contributed by atoms with Gasteiger partial charge < -0.3 is 14.8 Å². The van der Waals surface area contributed by atoms with Crippen molar-refractivity contribution < 1.29 is 27.4 Å². The Bertz CT molecular complexity index is 1170. The number of hydrogen-bond acceptors (Lipinski definition) is 7. The first kappa shape index (κ1) is 24.3. The number of carbonyl (C=O) groups excluding carboxylic acids is 1. The molecule has 3 aromatic rings. The molecule has 12 heteroatoms. The number of halogens is 4. The minimum absolute atomic E-state index is 0.0647. The summed E-state index contributed by atoms with van der Waals surface area (Å²) in [5, 5.41) is 9.02. The van der Waals surface area contributed by atoms with Crippen LogP contribution in [0, 0.1) is 0 Å². The van der Waals surface area contributed by atoms with E-state index in [2.05, 4.69) is 20.8 Å². The number of ether oxygens (including phenoxy) is 2. The third-order valence-electron chi connectivity index (χ3n) is 4.19. The van der Waals surface area contributed by atoms with Gasteiger partial charge in [0.1, 0.15) is 0 Å². The second kappa shape index (κ2) is 10.5. The molecule has 33 heavy (non-hydrogen) atoms. The molecule has 0 atom stereocenters. The topological polar surface area (TPSA) is 84.8 Å². The standard InChI is InChI=1S/C21H18ClF3N4O3S/c1-31-17-7-12(6-16(22)19(17)32-2)10-26-29-18(30)9-15-11-33-20(28-15)27-14-5-3-4-13(8-14)21(23,24)25/h3-8,10-11H,9H2,1-2H3,(H,27,28)(H,29,30)/b26-10-. The van der Waals surface area contributed by atoms with Gasteiger partial charge in [0.05, 0.1) is 43.1 Å². The molecule has 0 spiro atoms. The number of thiazole rings is 1. The van der Waals surface area contributed by atoms with Gasteiger partial charge >= 0.3 is 6.18 Å². The van der Waals surface area contributed by atoms with Crippen molar-refractivity contribution in [2.75, 3.05) is 19.5 Å². The highest BCUT2D eigenvalue weighted by molar-refractivity contribution is 7.13. The van der Waals surface area contributed by atoms with Crippen molar-refractivity contribution in [3.63, 3.8) is 0 Å². The number of nitrogens with zero attached hydrogens (tertiary/aromatic N) is 2. The molecule has 0 unspecified atom stereocenters. The van der Waals surface area contributed by atoms with E-state index in [4.69, 9.17) is 21.1 Å². The Balaban J connectivity index is 1.58. The van der Waals surface area contributed by atoms with Crippen molar-refractivity contribution in [1.82, 2.24) is 10.4 Å². The molecule has 1 amide bonds. The predicted molar refractivity (Wildman–Crippen MR) is 121 cm³/mol. The Hall–Kier alpha value is -3.31. The van der Waals surface area contributed by atoms with E-state index in [1.165, 1.54) is 43.9 Å². The first-order valence-corrected chi connectivity index (χ1v) is 10.6. The first-order chi connectivity index (χ1) is 15.7. The molecule has 2 aromatic carbocycles. The summed E-state index contributed by atoms with van der Waals surface area (Å²) >= 11 is 7.30. The summed E-state index contributed by atoms with van der Waals surface area (Å²) in [6.07, 6.45) is -3.11. The van der Waals surface area contributed by atoms with Crippen LogP contribution >= 0.6 is 22.9 Å². The SMILES string of the molecule is COc1cc(/C=N\NC(=O)Cc2csc(Nc3cccc(C(F)(F)F)c3)n2)cc(Cl)c1OC. The van der Waals surface area contributed by atoms with Gasteiger partial charge in [0.2, 0.25) is 5.91 Å². The summed E-state index contributed by atoms with van der Waals surface area (Å²) in [4.78, 5) is 16.4. The molecule has 7 nitrogen and oxygen atoms in total. The van der Waals surface area contributed by atoms with E-state index < -0.39 is 17.6 Å². The molecule has 0 aliphatic heterocycles. The Kier molecular flexibility index (Phi) is 7.77. The number of nitrogens with one attached hydrogen (secondary N) is 2. The Morgan fingerprint density at radius 3 is 2.73 bits per heavy atom. The Morgan fingerprint density at radius 1 is 1.24 bits per heavy atom. The molecule has 0 radical (unpaired) electrons. The molecule has 0 saturated carbocycles. The van der Waals surface area contributed by atoms with Crippen LogP contribution < -0.4 is 20.2 Å². The van der Waals surface area contributed by atoms with Gasteiger partial charge in [0.25, 0.3) is 0 Å². The molecule has 0 bridgehead atoms. The number of hydrogen-bond donors (Lipinski definition) is 2. The van der Waals surface area contributed by atoms with Crippen molar-refractivity contribution in [2.45, 2.75) is 12.6 Å². The third-order valence-corrected chi connectivity index (χ3v) is 5.28. The Labute approximate surface area is 196 Å². The molecule has 1 heterocycles. The van der Waals surface area contributed by atoms with E-state index in [-0.39, 0.29) is 12.1 Å². The van der Waals surface area contributed by atoms with Crippen molar-refractivity contribution in [1.29, 1.82) is 0 Å². The average molecular weight is 499 g/mol. The van der Waals surface area contributed by atoms with Crippen molar-refractivity contribution in [3.05, 3.63) is 63.6 Å². The highest BCUT2D eigenvalue weighted by atomic mass is 35.5. The summed E-state index contributed by atoms with van der Waals surface area (Å²) in [6, 6.07) is 8.02. The highest BCUT2D eigenvalue weighted by Gasteiger charge is 2.30. The molecule has 0 saturated heterocycles.